The lowest BCUT2D eigenvalue weighted by molar-refractivity contribution is -0.128. The van der Waals surface area contributed by atoms with Gasteiger partial charge in [0.05, 0.1) is 39.2 Å². The first-order valence-corrected chi connectivity index (χ1v) is 9.29. The largest absolute Gasteiger partial charge is 0.496 e. The number of nitrogens with zero attached hydrogens (tertiary/aromatic N) is 1. The Morgan fingerprint density at radius 2 is 1.68 bits per heavy atom. The van der Waals surface area contributed by atoms with E-state index in [1.165, 1.54) is 38.0 Å². The van der Waals surface area contributed by atoms with Gasteiger partial charge in [-0.15, -0.1) is 11.8 Å². The molecule has 2 aromatic carbocycles. The van der Waals surface area contributed by atoms with E-state index in [0.29, 0.717) is 22.8 Å². The zero-order valence-corrected chi connectivity index (χ0v) is 16.2. The minimum Gasteiger partial charge on any atom is -0.496 e. The molecule has 2 aromatic rings. The van der Waals surface area contributed by atoms with Crippen LogP contribution in [0.2, 0.25) is 0 Å². The second-order valence-corrected chi connectivity index (χ2v) is 7.03. The van der Waals surface area contributed by atoms with Gasteiger partial charge in [-0.2, -0.15) is 0 Å². The maximum atomic E-state index is 14.1. The van der Waals surface area contributed by atoms with Gasteiger partial charge in [-0.25, -0.2) is 13.2 Å². The number of amides is 1. The van der Waals surface area contributed by atoms with Crippen molar-refractivity contribution in [3.05, 3.63) is 52.8 Å². The lowest BCUT2D eigenvalue weighted by atomic mass is 10.1. The summed E-state index contributed by atoms with van der Waals surface area (Å²) in [6.45, 7) is -0.224. The van der Waals surface area contributed by atoms with Crippen molar-refractivity contribution in [2.24, 2.45) is 0 Å². The molecule has 1 unspecified atom stereocenters. The minimum absolute atomic E-state index is 0.119. The standard InChI is InChI=1S/C19H18F3NO4S/c1-25-11-6-13(26-2)16(14(7-11)27-3)19-23(15(24)9-28-19)8-10-4-5-12(20)18(22)17(10)21/h4-7,19H,8-9H2,1-3H3. The summed E-state index contributed by atoms with van der Waals surface area (Å²) in [6.07, 6.45) is 0. The van der Waals surface area contributed by atoms with E-state index in [1.807, 2.05) is 0 Å². The fourth-order valence-corrected chi connectivity index (χ4v) is 4.25. The van der Waals surface area contributed by atoms with Crippen molar-refractivity contribution in [2.75, 3.05) is 27.1 Å². The Morgan fingerprint density at radius 1 is 1.04 bits per heavy atom. The van der Waals surface area contributed by atoms with Crippen LogP contribution in [0.1, 0.15) is 16.5 Å². The highest BCUT2D eigenvalue weighted by Gasteiger charge is 2.37. The van der Waals surface area contributed by atoms with E-state index in [0.717, 1.165) is 12.1 Å². The van der Waals surface area contributed by atoms with Crippen LogP contribution in [0.25, 0.3) is 0 Å². The molecule has 0 radical (unpaired) electrons. The van der Waals surface area contributed by atoms with Crippen molar-refractivity contribution < 1.29 is 32.2 Å². The number of benzene rings is 2. The molecule has 1 atom stereocenters. The predicted molar refractivity (Wildman–Crippen MR) is 98.2 cm³/mol. The van der Waals surface area contributed by atoms with Crippen LogP contribution >= 0.6 is 11.8 Å². The van der Waals surface area contributed by atoms with Crippen LogP contribution in [0.15, 0.2) is 24.3 Å². The van der Waals surface area contributed by atoms with Crippen molar-refractivity contribution >= 4 is 17.7 Å². The van der Waals surface area contributed by atoms with Gasteiger partial charge in [-0.3, -0.25) is 4.79 Å². The van der Waals surface area contributed by atoms with Crippen LogP contribution < -0.4 is 14.2 Å². The molecule has 3 rings (SSSR count). The van der Waals surface area contributed by atoms with Gasteiger partial charge in [0.1, 0.15) is 22.6 Å². The molecule has 0 aliphatic carbocycles. The molecule has 5 nitrogen and oxygen atoms in total. The highest BCUT2D eigenvalue weighted by molar-refractivity contribution is 8.00. The first-order chi connectivity index (χ1) is 13.4. The molecule has 1 aliphatic rings. The third-order valence-electron chi connectivity index (χ3n) is 4.42. The minimum atomic E-state index is -1.56. The van der Waals surface area contributed by atoms with E-state index in [9.17, 15) is 18.0 Å². The summed E-state index contributed by atoms with van der Waals surface area (Å²) < 4.78 is 57.0. The second kappa shape index (κ2) is 8.22. The Labute approximate surface area is 164 Å². The smallest absolute Gasteiger partial charge is 0.234 e. The Balaban J connectivity index is 2.03. The molecular weight excluding hydrogens is 395 g/mol. The van der Waals surface area contributed by atoms with Gasteiger partial charge in [0.2, 0.25) is 5.91 Å². The van der Waals surface area contributed by atoms with E-state index in [2.05, 4.69) is 0 Å². The molecule has 28 heavy (non-hydrogen) atoms. The topological polar surface area (TPSA) is 48.0 Å². The first kappa shape index (κ1) is 20.2. The Bertz CT molecular complexity index is 884. The SMILES string of the molecule is COc1cc(OC)c(C2SCC(=O)N2Cc2ccc(F)c(F)c2F)c(OC)c1. The summed E-state index contributed by atoms with van der Waals surface area (Å²) in [4.78, 5) is 13.8. The van der Waals surface area contributed by atoms with Gasteiger partial charge in [-0.05, 0) is 6.07 Å². The number of halogens is 3. The summed E-state index contributed by atoms with van der Waals surface area (Å²) in [6, 6.07) is 5.27. The number of hydrogen-bond donors (Lipinski definition) is 0. The molecule has 1 saturated heterocycles. The number of carbonyl (C=O) groups excluding carboxylic acids is 1. The van der Waals surface area contributed by atoms with Crippen LogP contribution in [0, 0.1) is 17.5 Å². The maximum absolute atomic E-state index is 14.1. The molecule has 0 bridgehead atoms. The monoisotopic (exact) mass is 413 g/mol. The van der Waals surface area contributed by atoms with Crippen LogP contribution in [0.5, 0.6) is 17.2 Å². The van der Waals surface area contributed by atoms with Crippen molar-refractivity contribution in [3.8, 4) is 17.2 Å². The van der Waals surface area contributed by atoms with Gasteiger partial charge in [0.15, 0.2) is 17.5 Å². The van der Waals surface area contributed by atoms with Crippen molar-refractivity contribution in [1.82, 2.24) is 4.90 Å². The van der Waals surface area contributed by atoms with Crippen LogP contribution in [0.3, 0.4) is 0 Å². The number of methoxy groups -OCH3 is 3. The summed E-state index contributed by atoms with van der Waals surface area (Å²) in [5, 5.41) is -0.559. The summed E-state index contributed by atoms with van der Waals surface area (Å²) in [5.41, 5.74) is 0.454. The molecule has 150 valence electrons. The molecule has 0 spiro atoms. The average Bonchev–Trinajstić information content (AvgIpc) is 3.06. The van der Waals surface area contributed by atoms with Gasteiger partial charge >= 0.3 is 0 Å². The van der Waals surface area contributed by atoms with Crippen molar-refractivity contribution in [1.29, 1.82) is 0 Å². The number of thioether (sulfide) groups is 1. The number of ether oxygens (including phenoxy) is 3. The van der Waals surface area contributed by atoms with E-state index < -0.39 is 22.8 Å². The van der Waals surface area contributed by atoms with E-state index in [1.54, 1.807) is 12.1 Å². The van der Waals surface area contributed by atoms with Crippen molar-refractivity contribution in [3.63, 3.8) is 0 Å². The zero-order valence-electron chi connectivity index (χ0n) is 15.4. The average molecular weight is 413 g/mol. The Hall–Kier alpha value is -2.55. The third kappa shape index (κ3) is 3.58. The summed E-state index contributed by atoms with van der Waals surface area (Å²) in [5.74, 6) is -2.90. The van der Waals surface area contributed by atoms with Crippen LogP contribution in [-0.2, 0) is 11.3 Å². The molecule has 1 amide bonds. The molecule has 0 N–H and O–H groups in total. The number of carbonyl (C=O) groups is 1. The van der Waals surface area contributed by atoms with Gasteiger partial charge in [0.25, 0.3) is 0 Å². The number of hydrogen-bond acceptors (Lipinski definition) is 5. The molecule has 0 saturated carbocycles. The van der Waals surface area contributed by atoms with E-state index >= 15 is 0 Å². The lowest BCUT2D eigenvalue weighted by Gasteiger charge is -2.27. The Kier molecular flexibility index (Phi) is 5.93. The first-order valence-electron chi connectivity index (χ1n) is 8.24. The third-order valence-corrected chi connectivity index (χ3v) is 5.64. The fourth-order valence-electron chi connectivity index (χ4n) is 3.01. The zero-order chi connectivity index (χ0) is 20.4. The van der Waals surface area contributed by atoms with E-state index in [4.69, 9.17) is 14.2 Å². The lowest BCUT2D eigenvalue weighted by Crippen LogP contribution is -2.28. The van der Waals surface area contributed by atoms with Crippen LogP contribution in [0.4, 0.5) is 13.2 Å². The quantitative estimate of drug-likeness (QED) is 0.673. The molecule has 9 heteroatoms. The van der Waals surface area contributed by atoms with Crippen LogP contribution in [-0.4, -0.2) is 37.9 Å². The second-order valence-electron chi connectivity index (χ2n) is 5.97. The normalized spacial score (nSPS) is 16.4. The van der Waals surface area contributed by atoms with Gasteiger partial charge in [0, 0.05) is 17.7 Å². The highest BCUT2D eigenvalue weighted by Crippen LogP contribution is 2.48. The molecule has 1 fully saturated rings. The van der Waals surface area contributed by atoms with Gasteiger partial charge in [-0.1, -0.05) is 6.07 Å². The summed E-state index contributed by atoms with van der Waals surface area (Å²) >= 11 is 1.30. The number of rotatable bonds is 6. The molecule has 1 heterocycles. The van der Waals surface area contributed by atoms with E-state index in [-0.39, 0.29) is 23.8 Å². The Morgan fingerprint density at radius 3 is 2.25 bits per heavy atom. The molecular formula is C19H18F3NO4S. The highest BCUT2D eigenvalue weighted by atomic mass is 32.2. The van der Waals surface area contributed by atoms with Crippen molar-refractivity contribution in [2.45, 2.75) is 11.9 Å². The predicted octanol–water partition coefficient (Wildman–Crippen LogP) is 3.90. The summed E-state index contributed by atoms with van der Waals surface area (Å²) in [7, 11) is 4.44. The molecule has 1 aliphatic heterocycles. The molecule has 0 aromatic heterocycles. The van der Waals surface area contributed by atoms with Gasteiger partial charge < -0.3 is 19.1 Å². The fraction of sp³-hybridized carbons (Fsp3) is 0.316. The maximum Gasteiger partial charge on any atom is 0.234 e.